The van der Waals surface area contributed by atoms with Crippen LogP contribution >= 0.6 is 7.82 Å². The fraction of sp³-hybridized carbons (Fsp3) is 0.297. The summed E-state index contributed by atoms with van der Waals surface area (Å²) in [6, 6.07) is 28.2. The molecule has 4 aromatic carbocycles. The Hall–Kier alpha value is -4.55. The maximum Gasteiger partial charge on any atom is 0.647 e. The van der Waals surface area contributed by atoms with Crippen molar-refractivity contribution in [2.45, 2.75) is 60.3 Å². The van der Waals surface area contributed by atoms with Gasteiger partial charge in [-0.15, -0.1) is 0 Å². The van der Waals surface area contributed by atoms with Gasteiger partial charge in [0.05, 0.1) is 24.3 Å². The number of unbranched alkanes of at least 4 members (excludes halogenated alkanes) is 2. The lowest BCUT2D eigenvalue weighted by Crippen LogP contribution is -2.14. The lowest BCUT2D eigenvalue weighted by molar-refractivity contribution is 0.0452. The Morgan fingerprint density at radius 2 is 0.826 bits per heavy atom. The van der Waals surface area contributed by atoms with E-state index >= 15 is 0 Å². The lowest BCUT2D eigenvalue weighted by atomic mass is 10.1. The van der Waals surface area contributed by atoms with Gasteiger partial charge in [-0.3, -0.25) is 0 Å². The van der Waals surface area contributed by atoms with Crippen LogP contribution in [0.25, 0.3) is 0 Å². The number of hydrogen-bond acceptors (Lipinski definition) is 8. The molecule has 4 rings (SSSR count). The van der Waals surface area contributed by atoms with Crippen LogP contribution in [-0.2, 0) is 14.0 Å². The summed E-state index contributed by atoms with van der Waals surface area (Å²) >= 11 is 0. The normalized spacial score (nSPS) is 10.6. The van der Waals surface area contributed by atoms with Gasteiger partial charge < -0.3 is 23.0 Å². The molecule has 0 amide bonds. The molecular formula is C37H43O8P. The number of hydrogen-bond donors (Lipinski definition) is 0. The fourth-order valence-corrected chi connectivity index (χ4v) is 5.11. The summed E-state index contributed by atoms with van der Waals surface area (Å²) in [5.41, 5.74) is 3.76. The second-order valence-corrected chi connectivity index (χ2v) is 12.1. The van der Waals surface area contributed by atoms with Crippen LogP contribution in [0.3, 0.4) is 0 Å². The summed E-state index contributed by atoms with van der Waals surface area (Å²) in [5, 5.41) is 0. The smallest absolute Gasteiger partial charge is 0.462 e. The molecule has 0 aliphatic heterocycles. The van der Waals surface area contributed by atoms with E-state index in [2.05, 4.69) is 0 Å². The molecule has 0 aliphatic carbocycles. The Labute approximate surface area is 272 Å². The second kappa shape index (κ2) is 18.4. The van der Waals surface area contributed by atoms with Crippen molar-refractivity contribution in [1.29, 1.82) is 0 Å². The highest BCUT2D eigenvalue weighted by Gasteiger charge is 2.33. The molecule has 0 fully saturated rings. The minimum absolute atomic E-state index is 0.269. The van der Waals surface area contributed by atoms with E-state index in [1.807, 2.05) is 71.0 Å². The van der Waals surface area contributed by atoms with Crippen molar-refractivity contribution < 1.29 is 37.2 Å². The van der Waals surface area contributed by atoms with Gasteiger partial charge in [0.2, 0.25) is 0 Å². The van der Waals surface area contributed by atoms with Crippen LogP contribution in [0, 0.1) is 20.8 Å². The highest BCUT2D eigenvalue weighted by atomic mass is 31.2. The van der Waals surface area contributed by atoms with Crippen LogP contribution in [0.2, 0.25) is 0 Å². The first-order valence-corrected chi connectivity index (χ1v) is 16.9. The molecule has 0 saturated heterocycles. The van der Waals surface area contributed by atoms with E-state index in [0.717, 1.165) is 42.4 Å². The molecule has 0 spiro atoms. The molecule has 0 aromatic heterocycles. The molecule has 0 radical (unpaired) electrons. The average Bonchev–Trinajstić information content (AvgIpc) is 3.05. The van der Waals surface area contributed by atoms with Gasteiger partial charge in [-0.05, 0) is 82.1 Å². The third kappa shape index (κ3) is 12.1. The molecule has 9 heteroatoms. The van der Waals surface area contributed by atoms with Gasteiger partial charge in [-0.1, -0.05) is 91.9 Å². The first kappa shape index (κ1) is 35.9. The molecule has 8 nitrogen and oxygen atoms in total. The van der Waals surface area contributed by atoms with Gasteiger partial charge in [0.25, 0.3) is 0 Å². The van der Waals surface area contributed by atoms with Crippen LogP contribution in [-0.4, -0.2) is 25.2 Å². The first-order valence-electron chi connectivity index (χ1n) is 15.4. The standard InChI is InChI=1S/C21H21O4P.C16H22O4/c1-16-4-10-19(11-5-16)23-26(22,24-20-12-6-17(2)7-13-20)25-21-14-8-18(3)9-15-21;1-3-5-11-19-15(17)13-9-7-8-10-14(13)16(18)20-12-6-4-2/h4-15H,1-3H3;7-10H,3-6,11-12H2,1-2H3. The van der Waals surface area contributed by atoms with Crippen molar-refractivity contribution in [3.8, 4) is 17.2 Å². The van der Waals surface area contributed by atoms with Gasteiger partial charge in [0.1, 0.15) is 17.2 Å². The fourth-order valence-electron chi connectivity index (χ4n) is 3.85. The summed E-state index contributed by atoms with van der Waals surface area (Å²) in [6.07, 6.45) is 3.53. The third-order valence-electron chi connectivity index (χ3n) is 6.54. The number of rotatable bonds is 14. The largest absolute Gasteiger partial charge is 0.647 e. The van der Waals surface area contributed by atoms with E-state index < -0.39 is 19.8 Å². The van der Waals surface area contributed by atoms with E-state index in [9.17, 15) is 14.2 Å². The van der Waals surface area contributed by atoms with Crippen molar-refractivity contribution >= 4 is 19.8 Å². The first-order chi connectivity index (χ1) is 22.1. The predicted octanol–water partition coefficient (Wildman–Crippen LogP) is 9.86. The number of esters is 2. The third-order valence-corrected chi connectivity index (χ3v) is 7.85. The molecule has 244 valence electrons. The molecular weight excluding hydrogens is 603 g/mol. The summed E-state index contributed by atoms with van der Waals surface area (Å²) in [6.45, 7) is 10.7. The zero-order valence-electron chi connectivity index (χ0n) is 27.2. The number of phosphoric acid groups is 1. The van der Waals surface area contributed by atoms with Crippen molar-refractivity contribution in [3.63, 3.8) is 0 Å². The SMILES string of the molecule is CCCCOC(=O)c1ccccc1C(=O)OCCCC.Cc1ccc(OP(=O)(Oc2ccc(C)cc2)Oc2ccc(C)cc2)cc1. The number of ether oxygens (including phenoxy) is 2. The van der Waals surface area contributed by atoms with Crippen LogP contribution < -0.4 is 13.6 Å². The van der Waals surface area contributed by atoms with Gasteiger partial charge >= 0.3 is 19.8 Å². The van der Waals surface area contributed by atoms with Crippen molar-refractivity contribution in [1.82, 2.24) is 0 Å². The molecule has 0 heterocycles. The van der Waals surface area contributed by atoms with Crippen molar-refractivity contribution in [2.24, 2.45) is 0 Å². The monoisotopic (exact) mass is 646 g/mol. The number of benzene rings is 4. The summed E-state index contributed by atoms with van der Waals surface area (Å²) in [7, 11) is -3.93. The van der Waals surface area contributed by atoms with Crippen molar-refractivity contribution in [3.05, 3.63) is 125 Å². The van der Waals surface area contributed by atoms with Crippen LogP contribution in [0.1, 0.15) is 76.9 Å². The van der Waals surface area contributed by atoms with Gasteiger partial charge in [-0.2, -0.15) is 4.57 Å². The zero-order chi connectivity index (χ0) is 33.4. The molecule has 0 unspecified atom stereocenters. The second-order valence-electron chi connectivity index (χ2n) is 10.7. The van der Waals surface area contributed by atoms with Crippen molar-refractivity contribution in [2.75, 3.05) is 13.2 Å². The minimum atomic E-state index is -3.93. The molecule has 0 bridgehead atoms. The Kier molecular flexibility index (Phi) is 14.4. The quantitative estimate of drug-likeness (QED) is 0.0759. The van der Waals surface area contributed by atoms with E-state index in [1.54, 1.807) is 60.7 Å². The van der Waals surface area contributed by atoms with Crippen LogP contribution in [0.4, 0.5) is 0 Å². The van der Waals surface area contributed by atoms with Gasteiger partial charge in [0.15, 0.2) is 0 Å². The molecule has 46 heavy (non-hydrogen) atoms. The van der Waals surface area contributed by atoms with Gasteiger partial charge in [-0.25, -0.2) is 9.59 Å². The maximum atomic E-state index is 13.3. The Morgan fingerprint density at radius 1 is 0.522 bits per heavy atom. The predicted molar refractivity (Wildman–Crippen MR) is 180 cm³/mol. The highest BCUT2D eigenvalue weighted by Crippen LogP contribution is 2.49. The topological polar surface area (TPSA) is 97.4 Å². The zero-order valence-corrected chi connectivity index (χ0v) is 28.1. The summed E-state index contributed by atoms with van der Waals surface area (Å²) < 4.78 is 40.5. The molecule has 0 aliphatic rings. The Morgan fingerprint density at radius 3 is 1.11 bits per heavy atom. The number of carbonyl (C=O) groups excluding carboxylic acids is 2. The van der Waals surface area contributed by atoms with E-state index in [-0.39, 0.29) is 11.1 Å². The van der Waals surface area contributed by atoms with E-state index in [4.69, 9.17) is 23.0 Å². The highest BCUT2D eigenvalue weighted by molar-refractivity contribution is 7.49. The summed E-state index contributed by atoms with van der Waals surface area (Å²) in [5.74, 6) is 0.303. The average molecular weight is 647 g/mol. The minimum Gasteiger partial charge on any atom is -0.462 e. The number of aryl methyl sites for hydroxylation is 3. The lowest BCUT2D eigenvalue weighted by Gasteiger charge is -2.19. The van der Waals surface area contributed by atoms with Crippen LogP contribution in [0.15, 0.2) is 97.1 Å². The van der Waals surface area contributed by atoms with E-state index in [1.165, 1.54) is 0 Å². The number of phosphoric ester groups is 1. The Balaban J connectivity index is 0.000000260. The molecule has 0 N–H and O–H groups in total. The van der Waals surface area contributed by atoms with Gasteiger partial charge in [0, 0.05) is 0 Å². The Bertz CT molecular complexity index is 1400. The van der Waals surface area contributed by atoms with Crippen LogP contribution in [0.5, 0.6) is 17.2 Å². The van der Waals surface area contributed by atoms with E-state index in [0.29, 0.717) is 30.5 Å². The maximum absolute atomic E-state index is 13.3. The molecule has 4 aromatic rings. The molecule has 0 atom stereocenters. The number of carbonyl (C=O) groups is 2. The molecule has 0 saturated carbocycles. The summed E-state index contributed by atoms with van der Waals surface area (Å²) in [4.78, 5) is 23.9.